The molecule has 4 aromatic rings. The quantitative estimate of drug-likeness (QED) is 0.485. The first-order valence-electron chi connectivity index (χ1n) is 6.45. The summed E-state index contributed by atoms with van der Waals surface area (Å²) in [6.45, 7) is 0. The topological polar surface area (TPSA) is 17.8 Å². The molecule has 0 saturated carbocycles. The lowest BCUT2D eigenvalue weighted by Gasteiger charge is -2.07. The zero-order chi connectivity index (χ0) is 13.5. The third-order valence-corrected chi connectivity index (χ3v) is 3.99. The average molecular weight is 323 g/mol. The maximum Gasteiger partial charge on any atom is 0.145 e. The fraction of sp³-hybridized carbons (Fsp3) is 0. The van der Waals surface area contributed by atoms with Crippen LogP contribution < -0.4 is 0 Å². The molecule has 0 atom stereocenters. The van der Waals surface area contributed by atoms with Crippen molar-refractivity contribution in [1.82, 2.24) is 9.55 Å². The van der Waals surface area contributed by atoms with Gasteiger partial charge in [0.2, 0.25) is 0 Å². The SMILES string of the molecule is Brc1cccc(-n2c3ccccc3c3cccnc32)c1. The number of para-hydroxylation sites is 1. The lowest BCUT2D eigenvalue weighted by Crippen LogP contribution is -1.94. The molecular weight excluding hydrogens is 312 g/mol. The van der Waals surface area contributed by atoms with Crippen molar-refractivity contribution >= 4 is 37.9 Å². The van der Waals surface area contributed by atoms with E-state index in [2.05, 4.69) is 67.9 Å². The molecule has 0 aliphatic carbocycles. The van der Waals surface area contributed by atoms with Crippen LogP contribution in [0, 0.1) is 0 Å². The van der Waals surface area contributed by atoms with E-state index < -0.39 is 0 Å². The molecule has 2 aromatic carbocycles. The van der Waals surface area contributed by atoms with Gasteiger partial charge in [0, 0.05) is 27.1 Å². The number of aromatic nitrogens is 2. The van der Waals surface area contributed by atoms with Crippen molar-refractivity contribution in [2.75, 3.05) is 0 Å². The van der Waals surface area contributed by atoms with E-state index >= 15 is 0 Å². The van der Waals surface area contributed by atoms with E-state index in [4.69, 9.17) is 0 Å². The first-order chi connectivity index (χ1) is 9.84. The molecule has 0 spiro atoms. The molecule has 0 aliphatic rings. The van der Waals surface area contributed by atoms with Gasteiger partial charge in [-0.1, -0.05) is 40.2 Å². The van der Waals surface area contributed by atoms with Crippen molar-refractivity contribution in [2.45, 2.75) is 0 Å². The van der Waals surface area contributed by atoms with Gasteiger partial charge < -0.3 is 0 Å². The summed E-state index contributed by atoms with van der Waals surface area (Å²) >= 11 is 3.54. The number of benzene rings is 2. The second-order valence-corrected chi connectivity index (χ2v) is 5.62. The maximum atomic E-state index is 4.57. The molecule has 0 aliphatic heterocycles. The Bertz CT molecular complexity index is 871. The Morgan fingerprint density at radius 2 is 1.70 bits per heavy atom. The fourth-order valence-electron chi connectivity index (χ4n) is 2.67. The van der Waals surface area contributed by atoms with Gasteiger partial charge in [-0.05, 0) is 36.4 Å². The molecule has 0 bridgehead atoms. The molecule has 0 N–H and O–H groups in total. The van der Waals surface area contributed by atoms with Crippen molar-refractivity contribution < 1.29 is 0 Å². The Balaban J connectivity index is 2.21. The van der Waals surface area contributed by atoms with Crippen LogP contribution in [0.4, 0.5) is 0 Å². The summed E-state index contributed by atoms with van der Waals surface area (Å²) < 4.78 is 3.27. The van der Waals surface area contributed by atoms with Gasteiger partial charge in [-0.2, -0.15) is 0 Å². The summed E-state index contributed by atoms with van der Waals surface area (Å²) in [7, 11) is 0. The van der Waals surface area contributed by atoms with E-state index in [0.717, 1.165) is 15.8 Å². The molecule has 3 heteroatoms. The minimum absolute atomic E-state index is 0.992. The van der Waals surface area contributed by atoms with Gasteiger partial charge in [-0.3, -0.25) is 4.57 Å². The minimum Gasteiger partial charge on any atom is -0.294 e. The molecule has 2 aromatic heterocycles. The van der Waals surface area contributed by atoms with E-state index in [1.807, 2.05) is 24.4 Å². The van der Waals surface area contributed by atoms with Gasteiger partial charge in [0.15, 0.2) is 0 Å². The van der Waals surface area contributed by atoms with Gasteiger partial charge in [-0.15, -0.1) is 0 Å². The van der Waals surface area contributed by atoms with E-state index in [-0.39, 0.29) is 0 Å². The highest BCUT2D eigenvalue weighted by Gasteiger charge is 2.12. The number of fused-ring (bicyclic) bond motifs is 3. The highest BCUT2D eigenvalue weighted by Crippen LogP contribution is 2.30. The molecule has 0 radical (unpaired) electrons. The molecule has 2 nitrogen and oxygen atoms in total. The Hall–Kier alpha value is -2.13. The second kappa shape index (κ2) is 4.46. The molecular formula is C17H11BrN2. The smallest absolute Gasteiger partial charge is 0.145 e. The van der Waals surface area contributed by atoms with E-state index in [1.165, 1.54) is 16.3 Å². The Morgan fingerprint density at radius 3 is 2.60 bits per heavy atom. The lowest BCUT2D eigenvalue weighted by atomic mass is 10.2. The van der Waals surface area contributed by atoms with Gasteiger partial charge in [0.25, 0.3) is 0 Å². The fourth-order valence-corrected chi connectivity index (χ4v) is 3.06. The van der Waals surface area contributed by atoms with E-state index in [1.54, 1.807) is 0 Å². The Kier molecular flexibility index (Phi) is 2.60. The predicted molar refractivity (Wildman–Crippen MR) is 86.3 cm³/mol. The Morgan fingerprint density at radius 1 is 0.850 bits per heavy atom. The van der Waals surface area contributed by atoms with Crippen LogP contribution in [-0.4, -0.2) is 9.55 Å². The standard InChI is InChI=1S/C17H11BrN2/c18-12-5-3-6-13(11-12)20-16-9-2-1-7-14(16)15-8-4-10-19-17(15)20/h1-11H. The molecule has 0 saturated heterocycles. The molecule has 0 fully saturated rings. The van der Waals surface area contributed by atoms with Gasteiger partial charge in [0.05, 0.1) is 5.52 Å². The number of hydrogen-bond donors (Lipinski definition) is 0. The normalized spacial score (nSPS) is 11.2. The van der Waals surface area contributed by atoms with Gasteiger partial charge in [-0.25, -0.2) is 4.98 Å². The molecule has 20 heavy (non-hydrogen) atoms. The summed E-state index contributed by atoms with van der Waals surface area (Å²) in [5.41, 5.74) is 3.29. The number of nitrogens with zero attached hydrogens (tertiary/aromatic N) is 2. The third kappa shape index (κ3) is 1.67. The summed E-state index contributed by atoms with van der Waals surface area (Å²) in [6.07, 6.45) is 1.84. The first kappa shape index (κ1) is 11.7. The van der Waals surface area contributed by atoms with Crippen molar-refractivity contribution in [3.8, 4) is 5.69 Å². The first-order valence-corrected chi connectivity index (χ1v) is 7.24. The number of hydrogen-bond acceptors (Lipinski definition) is 1. The van der Waals surface area contributed by atoms with E-state index in [0.29, 0.717) is 0 Å². The van der Waals surface area contributed by atoms with Crippen molar-refractivity contribution in [2.24, 2.45) is 0 Å². The molecule has 96 valence electrons. The minimum atomic E-state index is 0.992. The Labute approximate surface area is 124 Å². The van der Waals surface area contributed by atoms with Crippen LogP contribution in [0.15, 0.2) is 71.3 Å². The van der Waals surface area contributed by atoms with Crippen LogP contribution in [0.2, 0.25) is 0 Å². The largest absolute Gasteiger partial charge is 0.294 e. The predicted octanol–water partition coefficient (Wildman–Crippen LogP) is 4.94. The zero-order valence-corrected chi connectivity index (χ0v) is 12.2. The second-order valence-electron chi connectivity index (χ2n) is 4.71. The highest BCUT2D eigenvalue weighted by molar-refractivity contribution is 9.10. The van der Waals surface area contributed by atoms with Crippen LogP contribution in [0.3, 0.4) is 0 Å². The molecule has 2 heterocycles. The van der Waals surface area contributed by atoms with Crippen molar-refractivity contribution in [1.29, 1.82) is 0 Å². The lowest BCUT2D eigenvalue weighted by molar-refractivity contribution is 1.13. The third-order valence-electron chi connectivity index (χ3n) is 3.50. The van der Waals surface area contributed by atoms with Crippen LogP contribution in [0.5, 0.6) is 0 Å². The summed E-state index contributed by atoms with van der Waals surface area (Å²) in [5.74, 6) is 0. The van der Waals surface area contributed by atoms with Crippen molar-refractivity contribution in [3.63, 3.8) is 0 Å². The van der Waals surface area contributed by atoms with E-state index in [9.17, 15) is 0 Å². The van der Waals surface area contributed by atoms with Gasteiger partial charge >= 0.3 is 0 Å². The van der Waals surface area contributed by atoms with Crippen molar-refractivity contribution in [3.05, 3.63) is 71.3 Å². The van der Waals surface area contributed by atoms with Crippen LogP contribution >= 0.6 is 15.9 Å². The summed E-state index contributed by atoms with van der Waals surface area (Å²) in [5, 5.41) is 2.42. The maximum absolute atomic E-state index is 4.57. The highest BCUT2D eigenvalue weighted by atomic mass is 79.9. The van der Waals surface area contributed by atoms with Crippen LogP contribution in [-0.2, 0) is 0 Å². The monoisotopic (exact) mass is 322 g/mol. The average Bonchev–Trinajstić information content (AvgIpc) is 2.82. The zero-order valence-electron chi connectivity index (χ0n) is 10.6. The molecule has 0 unspecified atom stereocenters. The summed E-state index contributed by atoms with van der Waals surface area (Å²) in [4.78, 5) is 4.57. The van der Waals surface area contributed by atoms with Crippen LogP contribution in [0.1, 0.15) is 0 Å². The number of rotatable bonds is 1. The summed E-state index contributed by atoms with van der Waals surface area (Å²) in [6, 6.07) is 20.8. The molecule has 0 amide bonds. The van der Waals surface area contributed by atoms with Gasteiger partial charge in [0.1, 0.15) is 5.65 Å². The number of halogens is 1. The molecule has 4 rings (SSSR count). The van der Waals surface area contributed by atoms with Crippen LogP contribution in [0.25, 0.3) is 27.6 Å². The number of pyridine rings is 1.